The van der Waals surface area contributed by atoms with Crippen LogP contribution < -0.4 is 9.62 Å². The summed E-state index contributed by atoms with van der Waals surface area (Å²) in [7, 11) is 3.80. The van der Waals surface area contributed by atoms with Gasteiger partial charge in [0.1, 0.15) is 11.6 Å². The highest BCUT2D eigenvalue weighted by Crippen LogP contribution is 2.32. The second-order valence-corrected chi connectivity index (χ2v) is 11.0. The SMILES string of the molecule is COCCC(C)CCCn1c(C(C)(C)C)nc2cc(N(C)Sc3ccc(NC=O)nc3)ccc21. The molecular weight excluding hydrogens is 446 g/mol. The minimum Gasteiger partial charge on any atom is -0.385 e. The van der Waals surface area contributed by atoms with Crippen molar-refractivity contribution in [2.75, 3.05) is 30.4 Å². The molecule has 3 aromatic rings. The number of methoxy groups -OCH3 is 1. The lowest BCUT2D eigenvalue weighted by Crippen LogP contribution is -2.19. The van der Waals surface area contributed by atoms with Crippen LogP contribution in [0.2, 0.25) is 0 Å². The van der Waals surface area contributed by atoms with Gasteiger partial charge in [0.15, 0.2) is 0 Å². The summed E-state index contributed by atoms with van der Waals surface area (Å²) < 4.78 is 9.74. The van der Waals surface area contributed by atoms with E-state index in [4.69, 9.17) is 9.72 Å². The largest absolute Gasteiger partial charge is 0.385 e. The Kier molecular flexibility index (Phi) is 8.97. The number of carbonyl (C=O) groups is 1. The molecule has 3 rings (SSSR count). The number of rotatable bonds is 12. The standard InChI is InChI=1S/C26H37N5O2S/c1-19(13-15-33-6)8-7-14-31-23-11-9-20(16-22(23)29-25(31)26(2,3)4)30(5)34-21-10-12-24(27-17-21)28-18-32/h9-12,16-19H,7-8,13-15H2,1-6H3,(H,27,28,32). The molecule has 34 heavy (non-hydrogen) atoms. The van der Waals surface area contributed by atoms with E-state index < -0.39 is 0 Å². The molecule has 7 nitrogen and oxygen atoms in total. The number of pyridine rings is 1. The number of amides is 1. The summed E-state index contributed by atoms with van der Waals surface area (Å²) in [5.41, 5.74) is 3.24. The van der Waals surface area contributed by atoms with Crippen LogP contribution in [0.3, 0.4) is 0 Å². The van der Waals surface area contributed by atoms with E-state index in [1.54, 1.807) is 31.3 Å². The molecule has 2 aromatic heterocycles. The van der Waals surface area contributed by atoms with Crippen molar-refractivity contribution in [3.8, 4) is 0 Å². The summed E-state index contributed by atoms with van der Waals surface area (Å²) in [6, 6.07) is 10.2. The summed E-state index contributed by atoms with van der Waals surface area (Å²) in [4.78, 5) is 20.9. The number of nitrogens with one attached hydrogen (secondary N) is 1. The number of aryl methyl sites for hydroxylation is 1. The van der Waals surface area contributed by atoms with E-state index >= 15 is 0 Å². The zero-order valence-corrected chi connectivity index (χ0v) is 22.0. The number of anilines is 2. The van der Waals surface area contributed by atoms with Crippen LogP contribution in [0.15, 0.2) is 41.4 Å². The van der Waals surface area contributed by atoms with Crippen molar-refractivity contribution in [2.45, 2.75) is 63.8 Å². The van der Waals surface area contributed by atoms with Gasteiger partial charge in [-0.1, -0.05) is 27.7 Å². The molecule has 1 aromatic carbocycles. The maximum Gasteiger partial charge on any atom is 0.212 e. The molecule has 0 radical (unpaired) electrons. The Bertz CT molecular complexity index is 1080. The van der Waals surface area contributed by atoms with Gasteiger partial charge in [0.2, 0.25) is 6.41 Å². The predicted octanol–water partition coefficient (Wildman–Crippen LogP) is 5.89. The van der Waals surface area contributed by atoms with E-state index in [1.807, 2.05) is 13.1 Å². The third kappa shape index (κ3) is 6.73. The third-order valence-corrected chi connectivity index (χ3v) is 6.78. The Balaban J connectivity index is 1.78. The van der Waals surface area contributed by atoms with Gasteiger partial charge in [-0.05, 0) is 67.5 Å². The fraction of sp³-hybridized carbons (Fsp3) is 0.500. The summed E-state index contributed by atoms with van der Waals surface area (Å²) >= 11 is 1.58. The smallest absolute Gasteiger partial charge is 0.212 e. The van der Waals surface area contributed by atoms with Gasteiger partial charge in [-0.3, -0.25) is 4.79 Å². The quantitative estimate of drug-likeness (QED) is 0.256. The van der Waals surface area contributed by atoms with Crippen molar-refractivity contribution in [1.29, 1.82) is 0 Å². The topological polar surface area (TPSA) is 72.3 Å². The van der Waals surface area contributed by atoms with Crippen LogP contribution in [0.1, 0.15) is 52.8 Å². The molecule has 0 bridgehead atoms. The summed E-state index contributed by atoms with van der Waals surface area (Å²) in [5.74, 6) is 2.32. The van der Waals surface area contributed by atoms with E-state index in [-0.39, 0.29) is 5.41 Å². The van der Waals surface area contributed by atoms with Crippen LogP contribution in [-0.2, 0) is 21.5 Å². The number of carbonyl (C=O) groups excluding carboxylic acids is 1. The average Bonchev–Trinajstić information content (AvgIpc) is 3.17. The first-order valence-corrected chi connectivity index (χ1v) is 12.6. The van der Waals surface area contributed by atoms with E-state index in [0.717, 1.165) is 47.9 Å². The molecule has 0 saturated heterocycles. The molecule has 0 aliphatic rings. The van der Waals surface area contributed by atoms with Crippen molar-refractivity contribution in [2.24, 2.45) is 5.92 Å². The first kappa shape index (κ1) is 26.0. The fourth-order valence-corrected chi connectivity index (χ4v) is 4.73. The van der Waals surface area contributed by atoms with E-state index in [1.165, 1.54) is 11.9 Å². The maximum absolute atomic E-state index is 10.6. The summed E-state index contributed by atoms with van der Waals surface area (Å²) in [5, 5.41) is 2.56. The van der Waals surface area contributed by atoms with Crippen molar-refractivity contribution < 1.29 is 9.53 Å². The van der Waals surface area contributed by atoms with Gasteiger partial charge in [-0.15, -0.1) is 0 Å². The van der Waals surface area contributed by atoms with Crippen molar-refractivity contribution in [3.05, 3.63) is 42.4 Å². The number of imidazole rings is 1. The molecule has 8 heteroatoms. The molecule has 1 atom stereocenters. The Hall–Kier alpha value is -2.58. The third-order valence-electron chi connectivity index (χ3n) is 5.85. The molecule has 0 aliphatic carbocycles. The van der Waals surface area contributed by atoms with Crippen molar-refractivity contribution >= 4 is 40.9 Å². The average molecular weight is 484 g/mol. The highest BCUT2D eigenvalue weighted by Gasteiger charge is 2.23. The molecule has 1 unspecified atom stereocenters. The van der Waals surface area contributed by atoms with Crippen LogP contribution in [-0.4, -0.2) is 41.7 Å². The van der Waals surface area contributed by atoms with E-state index in [2.05, 4.69) is 65.1 Å². The number of fused-ring (bicyclic) bond motifs is 1. The lowest BCUT2D eigenvalue weighted by molar-refractivity contribution is -0.105. The molecule has 1 amide bonds. The molecule has 0 saturated carbocycles. The molecular formula is C26H37N5O2S. The van der Waals surface area contributed by atoms with Gasteiger partial charge < -0.3 is 18.9 Å². The fourth-order valence-electron chi connectivity index (χ4n) is 3.97. The minimum absolute atomic E-state index is 0.0372. The van der Waals surface area contributed by atoms with Crippen LogP contribution in [0.5, 0.6) is 0 Å². The molecule has 2 heterocycles. The summed E-state index contributed by atoms with van der Waals surface area (Å²) in [6.07, 6.45) is 5.79. The van der Waals surface area contributed by atoms with Gasteiger partial charge in [-0.2, -0.15) is 0 Å². The molecule has 0 fully saturated rings. The van der Waals surface area contributed by atoms with Crippen molar-refractivity contribution in [3.63, 3.8) is 0 Å². The first-order valence-electron chi connectivity index (χ1n) is 11.8. The van der Waals surface area contributed by atoms with Crippen LogP contribution >= 0.6 is 11.9 Å². The van der Waals surface area contributed by atoms with Gasteiger partial charge in [0.05, 0.1) is 11.0 Å². The predicted molar refractivity (Wildman–Crippen MR) is 142 cm³/mol. The number of aromatic nitrogens is 3. The lowest BCUT2D eigenvalue weighted by Gasteiger charge is -2.21. The van der Waals surface area contributed by atoms with Gasteiger partial charge in [0, 0.05) is 49.5 Å². The van der Waals surface area contributed by atoms with Gasteiger partial charge in [-0.25, -0.2) is 9.97 Å². The second kappa shape index (κ2) is 11.7. The van der Waals surface area contributed by atoms with Gasteiger partial charge >= 0.3 is 0 Å². The van der Waals surface area contributed by atoms with Crippen LogP contribution in [0.25, 0.3) is 11.0 Å². The van der Waals surface area contributed by atoms with Crippen LogP contribution in [0, 0.1) is 5.92 Å². The normalized spacial score (nSPS) is 12.6. The van der Waals surface area contributed by atoms with Crippen molar-refractivity contribution in [1.82, 2.24) is 14.5 Å². The molecule has 1 N–H and O–H groups in total. The number of hydrogen-bond donors (Lipinski definition) is 1. The van der Waals surface area contributed by atoms with E-state index in [0.29, 0.717) is 18.1 Å². The molecule has 0 aliphatic heterocycles. The first-order chi connectivity index (χ1) is 16.2. The number of nitrogens with zero attached hydrogens (tertiary/aromatic N) is 4. The van der Waals surface area contributed by atoms with E-state index in [9.17, 15) is 4.79 Å². The second-order valence-electron chi connectivity index (χ2n) is 9.77. The zero-order valence-electron chi connectivity index (χ0n) is 21.2. The van der Waals surface area contributed by atoms with Crippen LogP contribution in [0.4, 0.5) is 11.5 Å². The number of benzene rings is 1. The monoisotopic (exact) mass is 483 g/mol. The molecule has 0 spiro atoms. The lowest BCUT2D eigenvalue weighted by atomic mass is 9.95. The Morgan fingerprint density at radius 3 is 2.68 bits per heavy atom. The maximum atomic E-state index is 10.6. The summed E-state index contributed by atoms with van der Waals surface area (Å²) in [6.45, 7) is 10.8. The number of ether oxygens (including phenoxy) is 1. The highest BCUT2D eigenvalue weighted by atomic mass is 32.2. The Labute approximate surface area is 207 Å². The Morgan fingerprint density at radius 2 is 2.03 bits per heavy atom. The van der Waals surface area contributed by atoms with Gasteiger partial charge in [0.25, 0.3) is 0 Å². The number of hydrogen-bond acceptors (Lipinski definition) is 6. The highest BCUT2D eigenvalue weighted by molar-refractivity contribution is 8.00. The molecule has 184 valence electrons. The Morgan fingerprint density at radius 1 is 1.24 bits per heavy atom. The minimum atomic E-state index is -0.0372. The zero-order chi connectivity index (χ0) is 24.7.